The molecule has 1 saturated heterocycles. The smallest absolute Gasteiger partial charge is 0.263 e. The summed E-state index contributed by atoms with van der Waals surface area (Å²) in [7, 11) is 0. The lowest BCUT2D eigenvalue weighted by Crippen LogP contribution is -2.33. The molecule has 1 fully saturated rings. The van der Waals surface area contributed by atoms with Crippen LogP contribution >= 0.6 is 22.7 Å². The summed E-state index contributed by atoms with van der Waals surface area (Å²) in [5.74, 6) is 0.343. The first-order chi connectivity index (χ1) is 13.4. The summed E-state index contributed by atoms with van der Waals surface area (Å²) in [6.07, 6.45) is 2.31. The number of anilines is 1. The molecule has 3 aromatic rings. The number of rotatable bonds is 5. The summed E-state index contributed by atoms with van der Waals surface area (Å²) in [6.45, 7) is 8.23. The number of nitrogens with one attached hydrogen (secondary N) is 1. The van der Waals surface area contributed by atoms with Crippen molar-refractivity contribution >= 4 is 43.9 Å². The van der Waals surface area contributed by atoms with Crippen molar-refractivity contribution in [1.82, 2.24) is 24.6 Å². The van der Waals surface area contributed by atoms with E-state index in [1.165, 1.54) is 27.2 Å². The molecule has 3 aromatic heterocycles. The minimum absolute atomic E-state index is 0.0854. The quantitative estimate of drug-likeness (QED) is 0.684. The molecule has 0 aliphatic carbocycles. The third-order valence-electron chi connectivity index (χ3n) is 5.01. The summed E-state index contributed by atoms with van der Waals surface area (Å²) in [5.41, 5.74) is 0.795. The molecule has 0 spiro atoms. The molecule has 0 unspecified atom stereocenters. The van der Waals surface area contributed by atoms with E-state index in [4.69, 9.17) is 4.98 Å². The number of aryl methyl sites for hydroxylation is 3. The third-order valence-corrected chi connectivity index (χ3v) is 6.86. The van der Waals surface area contributed by atoms with Gasteiger partial charge in [-0.2, -0.15) is 0 Å². The second kappa shape index (κ2) is 7.69. The summed E-state index contributed by atoms with van der Waals surface area (Å²) >= 11 is 2.84. The van der Waals surface area contributed by atoms with E-state index in [9.17, 15) is 9.59 Å². The zero-order valence-electron chi connectivity index (χ0n) is 16.1. The predicted molar refractivity (Wildman–Crippen MR) is 111 cm³/mol. The van der Waals surface area contributed by atoms with Gasteiger partial charge in [-0.05, 0) is 52.3 Å². The first-order valence-corrected chi connectivity index (χ1v) is 10.9. The maximum Gasteiger partial charge on any atom is 0.263 e. The van der Waals surface area contributed by atoms with Crippen molar-refractivity contribution in [3.05, 3.63) is 31.6 Å². The van der Waals surface area contributed by atoms with Crippen molar-refractivity contribution in [2.24, 2.45) is 0 Å². The van der Waals surface area contributed by atoms with E-state index in [0.29, 0.717) is 22.9 Å². The molecule has 0 atom stereocenters. The van der Waals surface area contributed by atoms with Crippen LogP contribution in [-0.2, 0) is 17.9 Å². The van der Waals surface area contributed by atoms with Gasteiger partial charge >= 0.3 is 0 Å². The Morgan fingerprint density at radius 1 is 1.14 bits per heavy atom. The maximum atomic E-state index is 13.3. The van der Waals surface area contributed by atoms with Gasteiger partial charge in [-0.1, -0.05) is 11.3 Å². The number of nitrogens with zero attached hydrogens (tertiary/aromatic N) is 5. The van der Waals surface area contributed by atoms with Gasteiger partial charge in [0.2, 0.25) is 11.0 Å². The Morgan fingerprint density at radius 3 is 2.57 bits per heavy atom. The number of thiophene rings is 1. The van der Waals surface area contributed by atoms with Crippen molar-refractivity contribution < 1.29 is 4.79 Å². The predicted octanol–water partition coefficient (Wildman–Crippen LogP) is 2.47. The van der Waals surface area contributed by atoms with Crippen LogP contribution in [0.25, 0.3) is 10.2 Å². The molecule has 1 aliphatic heterocycles. The minimum Gasteiger partial charge on any atom is -0.299 e. The molecule has 8 nitrogen and oxygen atoms in total. The molecule has 0 bridgehead atoms. The van der Waals surface area contributed by atoms with Crippen LogP contribution in [0.3, 0.4) is 0 Å². The fourth-order valence-corrected chi connectivity index (χ4v) is 5.09. The Hall–Kier alpha value is -2.17. The summed E-state index contributed by atoms with van der Waals surface area (Å²) in [6, 6.07) is 0. The van der Waals surface area contributed by atoms with Gasteiger partial charge in [0.15, 0.2) is 0 Å². The second-order valence-electron chi connectivity index (χ2n) is 7.04. The molecule has 4 heterocycles. The molecule has 1 amide bonds. The van der Waals surface area contributed by atoms with Gasteiger partial charge in [-0.15, -0.1) is 21.5 Å². The average molecular weight is 419 g/mol. The molecular formula is C18H22N6O2S2. The molecule has 28 heavy (non-hydrogen) atoms. The van der Waals surface area contributed by atoms with Crippen LogP contribution in [0.1, 0.15) is 34.1 Å². The molecule has 1 N–H and O–H groups in total. The summed E-state index contributed by atoms with van der Waals surface area (Å²) in [5, 5.41) is 12.4. The molecule has 0 saturated carbocycles. The van der Waals surface area contributed by atoms with E-state index >= 15 is 0 Å². The summed E-state index contributed by atoms with van der Waals surface area (Å²) in [4.78, 5) is 34.7. The van der Waals surface area contributed by atoms with Crippen molar-refractivity contribution in [3.8, 4) is 0 Å². The van der Waals surface area contributed by atoms with Crippen LogP contribution in [0.15, 0.2) is 4.79 Å². The number of fused-ring (bicyclic) bond motifs is 1. The largest absolute Gasteiger partial charge is 0.299 e. The number of hydrogen-bond donors (Lipinski definition) is 1. The Balaban J connectivity index is 1.70. The number of carbonyl (C=O) groups excluding carboxylic acids is 1. The number of amides is 1. The highest BCUT2D eigenvalue weighted by Gasteiger charge is 2.21. The fourth-order valence-electron chi connectivity index (χ4n) is 3.44. The van der Waals surface area contributed by atoms with Crippen molar-refractivity contribution in [2.75, 3.05) is 18.4 Å². The fraction of sp³-hybridized carbons (Fsp3) is 0.500. The van der Waals surface area contributed by atoms with E-state index < -0.39 is 0 Å². The number of hydrogen-bond acceptors (Lipinski definition) is 8. The Bertz CT molecular complexity index is 1090. The lowest BCUT2D eigenvalue weighted by Gasteiger charge is -2.18. The van der Waals surface area contributed by atoms with E-state index in [1.54, 1.807) is 0 Å². The van der Waals surface area contributed by atoms with Crippen molar-refractivity contribution in [1.29, 1.82) is 0 Å². The number of carbonyl (C=O) groups is 1. The molecular weight excluding hydrogens is 396 g/mol. The van der Waals surface area contributed by atoms with Crippen molar-refractivity contribution in [3.63, 3.8) is 0 Å². The SMILES string of the molecule is Cc1nnc(NC(=O)Cn2c(CN3CCCC3)nc3sc(C)c(C)c3c2=O)s1. The molecule has 0 radical (unpaired) electrons. The highest BCUT2D eigenvalue weighted by Crippen LogP contribution is 2.27. The van der Waals surface area contributed by atoms with Crippen LogP contribution in [0, 0.1) is 20.8 Å². The third kappa shape index (κ3) is 3.71. The zero-order valence-corrected chi connectivity index (χ0v) is 17.7. The first-order valence-electron chi connectivity index (χ1n) is 9.24. The maximum absolute atomic E-state index is 13.3. The monoisotopic (exact) mass is 418 g/mol. The van der Waals surface area contributed by atoms with Crippen LogP contribution < -0.4 is 10.9 Å². The molecule has 10 heteroatoms. The van der Waals surface area contributed by atoms with Gasteiger partial charge in [-0.25, -0.2) is 4.98 Å². The second-order valence-corrected chi connectivity index (χ2v) is 9.43. The first kappa shape index (κ1) is 19.2. The van der Waals surface area contributed by atoms with E-state index in [-0.39, 0.29) is 18.0 Å². The van der Waals surface area contributed by atoms with E-state index in [1.807, 2.05) is 20.8 Å². The molecule has 148 valence electrons. The highest BCUT2D eigenvalue weighted by atomic mass is 32.1. The lowest BCUT2D eigenvalue weighted by atomic mass is 10.2. The number of likely N-dealkylation sites (tertiary alicyclic amines) is 1. The van der Waals surface area contributed by atoms with Crippen LogP contribution in [-0.4, -0.2) is 43.6 Å². The average Bonchev–Trinajstić information content (AvgIpc) is 3.35. The van der Waals surface area contributed by atoms with Gasteiger partial charge in [0.25, 0.3) is 5.56 Å². The van der Waals surface area contributed by atoms with Gasteiger partial charge in [0, 0.05) is 4.88 Å². The summed E-state index contributed by atoms with van der Waals surface area (Å²) < 4.78 is 1.52. The Kier molecular flexibility index (Phi) is 5.26. The van der Waals surface area contributed by atoms with Crippen molar-refractivity contribution in [2.45, 2.75) is 46.7 Å². The molecule has 1 aliphatic rings. The number of aromatic nitrogens is 4. The van der Waals surface area contributed by atoms with Crippen LogP contribution in [0.4, 0.5) is 5.13 Å². The van der Waals surface area contributed by atoms with E-state index in [0.717, 1.165) is 46.2 Å². The minimum atomic E-state index is -0.299. The Labute approximate surface area is 170 Å². The van der Waals surface area contributed by atoms with E-state index in [2.05, 4.69) is 20.4 Å². The topological polar surface area (TPSA) is 93.0 Å². The van der Waals surface area contributed by atoms with Gasteiger partial charge < -0.3 is 0 Å². The van der Waals surface area contributed by atoms with Crippen LogP contribution in [0.2, 0.25) is 0 Å². The van der Waals surface area contributed by atoms with Gasteiger partial charge in [-0.3, -0.25) is 24.4 Å². The Morgan fingerprint density at radius 2 is 1.89 bits per heavy atom. The van der Waals surface area contributed by atoms with Crippen LogP contribution in [0.5, 0.6) is 0 Å². The van der Waals surface area contributed by atoms with Gasteiger partial charge in [0.05, 0.1) is 11.9 Å². The normalized spacial score (nSPS) is 14.8. The van der Waals surface area contributed by atoms with Gasteiger partial charge in [0.1, 0.15) is 22.2 Å². The standard InChI is InChI=1S/C18H22N6O2S2/c1-10-11(2)27-16-15(10)17(26)24(13(19-16)8-23-6-4-5-7-23)9-14(25)20-18-22-21-12(3)28-18/h4-9H2,1-3H3,(H,20,22,25). The lowest BCUT2D eigenvalue weighted by molar-refractivity contribution is -0.116. The molecule has 0 aromatic carbocycles. The highest BCUT2D eigenvalue weighted by molar-refractivity contribution is 7.18. The molecule has 4 rings (SSSR count). The zero-order chi connectivity index (χ0) is 19.8.